The van der Waals surface area contributed by atoms with Crippen LogP contribution in [0.3, 0.4) is 0 Å². The van der Waals surface area contributed by atoms with Gasteiger partial charge >= 0.3 is 0 Å². The molecule has 2 rings (SSSR count). The van der Waals surface area contributed by atoms with Gasteiger partial charge in [-0.15, -0.1) is 0 Å². The molecule has 0 aromatic rings. The van der Waals surface area contributed by atoms with E-state index in [1.807, 2.05) is 0 Å². The summed E-state index contributed by atoms with van der Waals surface area (Å²) >= 11 is 0. The van der Waals surface area contributed by atoms with Gasteiger partial charge in [-0.2, -0.15) is 0 Å². The Morgan fingerprint density at radius 3 is 2.82 bits per heavy atom. The first-order valence-electron chi connectivity index (χ1n) is 6.89. The van der Waals surface area contributed by atoms with E-state index in [1.54, 1.807) is 0 Å². The lowest BCUT2D eigenvalue weighted by atomic mass is 9.95. The Balaban J connectivity index is 1.62. The maximum absolute atomic E-state index is 6.36. The van der Waals surface area contributed by atoms with Crippen LogP contribution >= 0.6 is 0 Å². The highest BCUT2D eigenvalue weighted by Gasteiger charge is 2.38. The van der Waals surface area contributed by atoms with Crippen LogP contribution < -0.4 is 0 Å². The lowest BCUT2D eigenvalue weighted by Crippen LogP contribution is -2.46. The summed E-state index contributed by atoms with van der Waals surface area (Å²) < 4.78 is 17.0. The molecule has 2 saturated heterocycles. The van der Waals surface area contributed by atoms with Gasteiger partial charge in [-0.1, -0.05) is 6.42 Å². The summed E-state index contributed by atoms with van der Waals surface area (Å²) in [5.41, 5.74) is 0.118. The minimum Gasteiger partial charge on any atom is -0.412 e. The summed E-state index contributed by atoms with van der Waals surface area (Å²) in [6.07, 6.45) is 5.19. The minimum absolute atomic E-state index is 0.118. The Labute approximate surface area is 106 Å². The lowest BCUT2D eigenvalue weighted by molar-refractivity contribution is 0.0296. The average molecular weight is 258 g/mol. The molecule has 2 heterocycles. The third-order valence-corrected chi connectivity index (χ3v) is 6.31. The number of hydrogen-bond acceptors (Lipinski definition) is 3. The summed E-state index contributed by atoms with van der Waals surface area (Å²) in [5.74, 6) is 0. The Morgan fingerprint density at radius 1 is 1.41 bits per heavy atom. The fourth-order valence-corrected chi connectivity index (χ4v) is 5.43. The second-order valence-corrected chi connectivity index (χ2v) is 10.5. The molecule has 0 spiro atoms. The molecule has 0 saturated carbocycles. The van der Waals surface area contributed by atoms with Gasteiger partial charge in [0, 0.05) is 6.61 Å². The monoisotopic (exact) mass is 258 g/mol. The van der Waals surface area contributed by atoms with Gasteiger partial charge in [0.2, 0.25) is 0 Å². The van der Waals surface area contributed by atoms with E-state index in [-0.39, 0.29) is 5.60 Å². The highest BCUT2D eigenvalue weighted by atomic mass is 28.4. The third kappa shape index (κ3) is 4.70. The van der Waals surface area contributed by atoms with Crippen molar-refractivity contribution >= 4 is 8.32 Å². The van der Waals surface area contributed by atoms with Crippen molar-refractivity contribution in [1.82, 2.24) is 0 Å². The molecule has 0 radical (unpaired) electrons. The molecule has 0 amide bonds. The number of epoxide rings is 1. The molecule has 0 N–H and O–H groups in total. The first-order chi connectivity index (χ1) is 7.99. The molecule has 3 nitrogen and oxygen atoms in total. The van der Waals surface area contributed by atoms with Crippen molar-refractivity contribution < 1.29 is 13.9 Å². The average Bonchev–Trinajstić information content (AvgIpc) is 2.98. The maximum atomic E-state index is 6.36. The predicted octanol–water partition coefficient (Wildman–Crippen LogP) is 2.96. The normalized spacial score (nSPS) is 35.8. The smallest absolute Gasteiger partial charge is 0.187 e. The van der Waals surface area contributed by atoms with Gasteiger partial charge in [0.25, 0.3) is 0 Å². The van der Waals surface area contributed by atoms with Crippen molar-refractivity contribution in [3.63, 3.8) is 0 Å². The first kappa shape index (κ1) is 13.5. The van der Waals surface area contributed by atoms with E-state index in [0.29, 0.717) is 6.10 Å². The van der Waals surface area contributed by atoms with Crippen LogP contribution in [0.1, 0.15) is 32.6 Å². The van der Waals surface area contributed by atoms with Gasteiger partial charge < -0.3 is 13.9 Å². The molecule has 2 aliphatic rings. The van der Waals surface area contributed by atoms with E-state index in [2.05, 4.69) is 20.0 Å². The van der Waals surface area contributed by atoms with E-state index >= 15 is 0 Å². The van der Waals surface area contributed by atoms with Crippen LogP contribution in [-0.4, -0.2) is 39.8 Å². The highest BCUT2D eigenvalue weighted by molar-refractivity contribution is 6.71. The molecule has 2 unspecified atom stereocenters. The fraction of sp³-hybridized carbons (Fsp3) is 1.00. The zero-order chi connectivity index (χ0) is 12.4. The van der Waals surface area contributed by atoms with Crippen LogP contribution in [0.5, 0.6) is 0 Å². The van der Waals surface area contributed by atoms with Gasteiger partial charge in [0.15, 0.2) is 8.32 Å². The van der Waals surface area contributed by atoms with Gasteiger partial charge in [0.1, 0.15) is 6.10 Å². The summed E-state index contributed by atoms with van der Waals surface area (Å²) in [7, 11) is -1.36. The van der Waals surface area contributed by atoms with Gasteiger partial charge in [-0.3, -0.25) is 0 Å². The number of hydrogen-bond donors (Lipinski definition) is 0. The van der Waals surface area contributed by atoms with Crippen LogP contribution in [0, 0.1) is 0 Å². The lowest BCUT2D eigenvalue weighted by Gasteiger charge is -2.42. The van der Waals surface area contributed by atoms with Crippen LogP contribution in [0.25, 0.3) is 0 Å². The summed E-state index contributed by atoms with van der Waals surface area (Å²) in [6, 6.07) is 1.32. The molecule has 17 heavy (non-hydrogen) atoms. The molecule has 100 valence electrons. The van der Waals surface area contributed by atoms with Crippen molar-refractivity contribution in [2.45, 2.75) is 63.5 Å². The van der Waals surface area contributed by atoms with Crippen molar-refractivity contribution in [3.8, 4) is 0 Å². The van der Waals surface area contributed by atoms with E-state index in [4.69, 9.17) is 13.9 Å². The molecule has 0 aromatic heterocycles. The van der Waals surface area contributed by atoms with E-state index < -0.39 is 8.32 Å². The molecule has 4 heteroatoms. The maximum Gasteiger partial charge on any atom is 0.187 e. The van der Waals surface area contributed by atoms with E-state index in [9.17, 15) is 0 Å². The SMILES string of the molecule is CC1(CCCOCC2CO2)CCC[Si](C)(C)O1. The largest absolute Gasteiger partial charge is 0.412 e. The topological polar surface area (TPSA) is 31.0 Å². The molecule has 0 aromatic carbocycles. The first-order valence-corrected chi connectivity index (χ1v) is 10.0. The van der Waals surface area contributed by atoms with E-state index in [0.717, 1.165) is 32.7 Å². The molecule has 0 bridgehead atoms. The summed E-state index contributed by atoms with van der Waals surface area (Å²) in [5, 5.41) is 0. The van der Waals surface area contributed by atoms with Crippen LogP contribution in [-0.2, 0) is 13.9 Å². The van der Waals surface area contributed by atoms with Crippen molar-refractivity contribution in [2.24, 2.45) is 0 Å². The number of rotatable bonds is 6. The zero-order valence-corrected chi connectivity index (χ0v) is 12.5. The molecule has 0 aliphatic carbocycles. The molecule has 2 aliphatic heterocycles. The van der Waals surface area contributed by atoms with Crippen molar-refractivity contribution in [1.29, 1.82) is 0 Å². The van der Waals surface area contributed by atoms with E-state index in [1.165, 1.54) is 18.9 Å². The van der Waals surface area contributed by atoms with Gasteiger partial charge in [-0.05, 0) is 45.3 Å². The van der Waals surface area contributed by atoms with Crippen molar-refractivity contribution in [2.75, 3.05) is 19.8 Å². The summed E-state index contributed by atoms with van der Waals surface area (Å²) in [4.78, 5) is 0. The standard InChI is InChI=1S/C13H26O3Si/c1-13(7-5-9-17(2,3)16-13)6-4-8-14-10-12-11-15-12/h12H,4-11H2,1-3H3. The highest BCUT2D eigenvalue weighted by Crippen LogP contribution is 2.36. The van der Waals surface area contributed by atoms with Crippen LogP contribution in [0.2, 0.25) is 19.1 Å². The Bertz CT molecular complexity index is 253. The van der Waals surface area contributed by atoms with Crippen molar-refractivity contribution in [3.05, 3.63) is 0 Å². The minimum atomic E-state index is -1.36. The summed E-state index contributed by atoms with van der Waals surface area (Å²) in [6.45, 7) is 9.47. The third-order valence-electron chi connectivity index (χ3n) is 3.71. The fourth-order valence-electron chi connectivity index (χ4n) is 2.76. The van der Waals surface area contributed by atoms with Crippen LogP contribution in [0.4, 0.5) is 0 Å². The van der Waals surface area contributed by atoms with Crippen LogP contribution in [0.15, 0.2) is 0 Å². The molecular weight excluding hydrogens is 232 g/mol. The molecular formula is C13H26O3Si. The second kappa shape index (κ2) is 5.39. The van der Waals surface area contributed by atoms with Gasteiger partial charge in [0.05, 0.1) is 18.8 Å². The Hall–Kier alpha value is 0.0969. The zero-order valence-electron chi connectivity index (χ0n) is 11.5. The number of ether oxygens (including phenoxy) is 2. The quantitative estimate of drug-likeness (QED) is 0.417. The second-order valence-electron chi connectivity index (χ2n) is 6.30. The molecule has 2 atom stereocenters. The van der Waals surface area contributed by atoms with Gasteiger partial charge in [-0.25, -0.2) is 0 Å². The Morgan fingerprint density at radius 2 is 2.18 bits per heavy atom. The predicted molar refractivity (Wildman–Crippen MR) is 70.8 cm³/mol. The molecule has 2 fully saturated rings. The Kier molecular flexibility index (Phi) is 4.29.